The summed E-state index contributed by atoms with van der Waals surface area (Å²) in [6, 6.07) is 19.4. The van der Waals surface area contributed by atoms with Crippen molar-refractivity contribution in [1.29, 1.82) is 0 Å². The second kappa shape index (κ2) is 6.81. The second-order valence-corrected chi connectivity index (χ2v) is 6.65. The molecule has 0 saturated carbocycles. The Hall–Kier alpha value is -2.72. The fourth-order valence-electron chi connectivity index (χ4n) is 2.00. The number of para-hydroxylation sites is 2. The molecule has 2 aromatic carbocycles. The summed E-state index contributed by atoms with van der Waals surface area (Å²) in [7, 11) is 2.79. The lowest BCUT2D eigenvalue weighted by Gasteiger charge is -2.04. The molecule has 0 aliphatic carbocycles. The van der Waals surface area contributed by atoms with E-state index in [0.29, 0.717) is 10.3 Å². The van der Waals surface area contributed by atoms with Gasteiger partial charge in [-0.15, -0.1) is 10.2 Å². The average molecular weight is 354 g/mol. The average Bonchev–Trinajstić information content (AvgIpc) is 3.30. The van der Waals surface area contributed by atoms with E-state index in [2.05, 4.69) is 31.1 Å². The highest BCUT2D eigenvalue weighted by atomic mass is 33.1. The van der Waals surface area contributed by atoms with Crippen LogP contribution in [0, 0.1) is 0 Å². The van der Waals surface area contributed by atoms with Crippen molar-refractivity contribution in [3.63, 3.8) is 0 Å². The number of hydrogen-bond acceptors (Lipinski definition) is 8. The third-order valence-corrected chi connectivity index (χ3v) is 5.11. The van der Waals surface area contributed by atoms with Crippen LogP contribution in [0.15, 0.2) is 71.0 Å². The molecule has 0 atom stereocenters. The van der Waals surface area contributed by atoms with Crippen LogP contribution in [0.1, 0.15) is 0 Å². The summed E-state index contributed by atoms with van der Waals surface area (Å²) >= 11 is 0. The van der Waals surface area contributed by atoms with Crippen molar-refractivity contribution in [3.05, 3.63) is 60.7 Å². The molecule has 4 aromatic rings. The zero-order chi connectivity index (χ0) is 16.2. The fourth-order valence-corrected chi connectivity index (χ4v) is 3.78. The van der Waals surface area contributed by atoms with Gasteiger partial charge in [-0.05, 0) is 66.7 Å². The Bertz CT molecular complexity index is 844. The second-order valence-electron chi connectivity index (χ2n) is 4.58. The van der Waals surface area contributed by atoms with Crippen molar-refractivity contribution < 1.29 is 0 Å². The van der Waals surface area contributed by atoms with E-state index in [-0.39, 0.29) is 0 Å². The maximum Gasteiger partial charge on any atom is 0.225 e. The summed E-state index contributed by atoms with van der Waals surface area (Å²) in [6.07, 6.45) is 0. The normalized spacial score (nSPS) is 10.8. The standard InChI is InChI=1S/C14H10N8S2/c1-3-7-11(8-4-1)21-13(15-17-19-21)23-24-14-16-18-20-22(14)12-9-5-2-6-10-12/h1-10H. The van der Waals surface area contributed by atoms with Crippen molar-refractivity contribution in [2.75, 3.05) is 0 Å². The first-order valence-corrected chi connectivity index (χ1v) is 9.09. The predicted octanol–water partition coefficient (Wildman–Crippen LogP) is 2.44. The maximum atomic E-state index is 4.06. The third-order valence-electron chi connectivity index (χ3n) is 3.07. The molecule has 0 fully saturated rings. The van der Waals surface area contributed by atoms with Crippen molar-refractivity contribution in [2.24, 2.45) is 0 Å². The smallest absolute Gasteiger partial charge is 0.187 e. The highest BCUT2D eigenvalue weighted by molar-refractivity contribution is 8.76. The largest absolute Gasteiger partial charge is 0.225 e. The molecule has 2 heterocycles. The molecular formula is C14H10N8S2. The zero-order valence-electron chi connectivity index (χ0n) is 12.2. The van der Waals surface area contributed by atoms with Gasteiger partial charge in [0.2, 0.25) is 10.3 Å². The van der Waals surface area contributed by atoms with Crippen LogP contribution in [0.2, 0.25) is 0 Å². The van der Waals surface area contributed by atoms with E-state index in [1.807, 2.05) is 60.7 Å². The molecule has 118 valence electrons. The van der Waals surface area contributed by atoms with Crippen molar-refractivity contribution >= 4 is 21.6 Å². The predicted molar refractivity (Wildman–Crippen MR) is 90.0 cm³/mol. The van der Waals surface area contributed by atoms with Gasteiger partial charge >= 0.3 is 0 Å². The van der Waals surface area contributed by atoms with Crippen molar-refractivity contribution in [3.8, 4) is 11.4 Å². The van der Waals surface area contributed by atoms with Crippen LogP contribution < -0.4 is 0 Å². The summed E-state index contributed by atoms with van der Waals surface area (Å²) in [5.41, 5.74) is 1.79. The number of nitrogens with zero attached hydrogens (tertiary/aromatic N) is 8. The van der Waals surface area contributed by atoms with Crippen LogP contribution in [0.5, 0.6) is 0 Å². The van der Waals surface area contributed by atoms with Crippen LogP contribution in [-0.4, -0.2) is 40.4 Å². The maximum absolute atomic E-state index is 4.06. The van der Waals surface area contributed by atoms with Crippen molar-refractivity contribution in [1.82, 2.24) is 40.4 Å². The molecule has 2 aromatic heterocycles. The van der Waals surface area contributed by atoms with Crippen molar-refractivity contribution in [2.45, 2.75) is 10.3 Å². The summed E-state index contributed by atoms with van der Waals surface area (Å²) in [4.78, 5) is 0. The summed E-state index contributed by atoms with van der Waals surface area (Å²) < 4.78 is 3.35. The minimum absolute atomic E-state index is 0.647. The van der Waals surface area contributed by atoms with Gasteiger partial charge in [-0.3, -0.25) is 0 Å². The molecule has 8 nitrogen and oxygen atoms in total. The molecule has 0 saturated heterocycles. The third kappa shape index (κ3) is 3.01. The molecule has 0 aliphatic rings. The van der Waals surface area contributed by atoms with Gasteiger partial charge in [-0.1, -0.05) is 36.4 Å². The first kappa shape index (κ1) is 14.8. The van der Waals surface area contributed by atoms with E-state index in [0.717, 1.165) is 11.4 Å². The Labute approximate surface area is 144 Å². The molecule has 0 bridgehead atoms. The van der Waals surface area contributed by atoms with Gasteiger partial charge in [0.15, 0.2) is 0 Å². The van der Waals surface area contributed by atoms with E-state index in [1.54, 1.807) is 9.36 Å². The minimum Gasteiger partial charge on any atom is -0.187 e. The SMILES string of the molecule is c1ccc(-n2nnnc2SSc2nnnn2-c2ccccc2)cc1. The number of hydrogen-bond donors (Lipinski definition) is 0. The molecule has 0 spiro atoms. The van der Waals surface area contributed by atoms with Crippen LogP contribution in [0.4, 0.5) is 0 Å². The monoisotopic (exact) mass is 354 g/mol. The number of rotatable bonds is 5. The lowest BCUT2D eigenvalue weighted by atomic mass is 10.3. The summed E-state index contributed by atoms with van der Waals surface area (Å²) in [6.45, 7) is 0. The quantitative estimate of drug-likeness (QED) is 0.505. The van der Waals surface area contributed by atoms with Gasteiger partial charge in [0.25, 0.3) is 0 Å². The number of benzene rings is 2. The van der Waals surface area contributed by atoms with E-state index >= 15 is 0 Å². The van der Waals surface area contributed by atoms with E-state index in [1.165, 1.54) is 21.6 Å². The van der Waals surface area contributed by atoms with Gasteiger partial charge < -0.3 is 0 Å². The van der Waals surface area contributed by atoms with Gasteiger partial charge in [0, 0.05) is 0 Å². The lowest BCUT2D eigenvalue weighted by molar-refractivity contribution is 0.756. The number of aromatic nitrogens is 8. The molecule has 24 heavy (non-hydrogen) atoms. The Morgan fingerprint density at radius 1 is 0.583 bits per heavy atom. The first-order valence-electron chi connectivity index (χ1n) is 6.94. The molecule has 10 heteroatoms. The van der Waals surface area contributed by atoms with E-state index < -0.39 is 0 Å². The molecule has 0 radical (unpaired) electrons. The highest BCUT2D eigenvalue weighted by Crippen LogP contribution is 2.35. The molecule has 4 rings (SSSR count). The Balaban J connectivity index is 1.56. The zero-order valence-corrected chi connectivity index (χ0v) is 13.8. The molecule has 0 unspecified atom stereocenters. The van der Waals surface area contributed by atoms with Crippen LogP contribution in [-0.2, 0) is 0 Å². The van der Waals surface area contributed by atoms with Crippen LogP contribution in [0.3, 0.4) is 0 Å². The summed E-state index contributed by atoms with van der Waals surface area (Å²) in [5.74, 6) is 0. The number of tetrazole rings is 2. The van der Waals surface area contributed by atoms with E-state index in [9.17, 15) is 0 Å². The fraction of sp³-hybridized carbons (Fsp3) is 0. The Morgan fingerprint density at radius 3 is 1.42 bits per heavy atom. The van der Waals surface area contributed by atoms with Gasteiger partial charge in [-0.2, -0.15) is 9.36 Å². The van der Waals surface area contributed by atoms with Gasteiger partial charge in [0.1, 0.15) is 0 Å². The molecule has 0 N–H and O–H groups in total. The Morgan fingerprint density at radius 2 is 1.00 bits per heavy atom. The van der Waals surface area contributed by atoms with Gasteiger partial charge in [0.05, 0.1) is 11.4 Å². The Kier molecular flexibility index (Phi) is 4.21. The van der Waals surface area contributed by atoms with E-state index in [4.69, 9.17) is 0 Å². The van der Waals surface area contributed by atoms with Crippen LogP contribution >= 0.6 is 21.6 Å². The topological polar surface area (TPSA) is 87.2 Å². The molecule has 0 aliphatic heterocycles. The van der Waals surface area contributed by atoms with Gasteiger partial charge in [-0.25, -0.2) is 0 Å². The lowest BCUT2D eigenvalue weighted by Crippen LogP contribution is -1.99. The first-order chi connectivity index (χ1) is 11.9. The molecule has 0 amide bonds. The summed E-state index contributed by atoms with van der Waals surface area (Å²) in [5, 5.41) is 25.0. The van der Waals surface area contributed by atoms with Crippen LogP contribution in [0.25, 0.3) is 11.4 Å². The minimum atomic E-state index is 0.647. The highest BCUT2D eigenvalue weighted by Gasteiger charge is 2.14. The molecular weight excluding hydrogens is 344 g/mol.